The fourth-order valence-corrected chi connectivity index (χ4v) is 3.10. The van der Waals surface area contributed by atoms with Crippen molar-refractivity contribution in [1.29, 1.82) is 0 Å². The molecule has 9 heteroatoms. The van der Waals surface area contributed by atoms with E-state index in [-0.39, 0.29) is 10.5 Å². The maximum Gasteiger partial charge on any atom is 0.307 e. The molecule has 0 fully saturated rings. The number of sulfonamides is 1. The van der Waals surface area contributed by atoms with Gasteiger partial charge in [0.1, 0.15) is 5.75 Å². The van der Waals surface area contributed by atoms with E-state index in [1.807, 2.05) is 0 Å². The zero-order valence-electron chi connectivity index (χ0n) is 11.3. The molecule has 1 aromatic rings. The number of aliphatic carboxylic acids is 1. The van der Waals surface area contributed by atoms with Gasteiger partial charge in [0.2, 0.25) is 10.0 Å². The summed E-state index contributed by atoms with van der Waals surface area (Å²) in [6.45, 7) is -1.17. The molecule has 0 spiro atoms. The van der Waals surface area contributed by atoms with E-state index >= 15 is 0 Å². The molecule has 8 nitrogen and oxygen atoms in total. The van der Waals surface area contributed by atoms with Crippen LogP contribution in [0.15, 0.2) is 23.1 Å². The molecule has 0 saturated carbocycles. The molecule has 0 unspecified atom stereocenters. The highest BCUT2D eigenvalue weighted by Crippen LogP contribution is 2.22. The van der Waals surface area contributed by atoms with E-state index < -0.39 is 41.7 Å². The predicted octanol–water partition coefficient (Wildman–Crippen LogP) is -1.05. The van der Waals surface area contributed by atoms with Crippen LogP contribution in [0, 0.1) is 0 Å². The summed E-state index contributed by atoms with van der Waals surface area (Å²) in [5.74, 6) is -0.869. The molecule has 1 rings (SSSR count). The molecular formula is C12H17NO7S. The minimum absolute atomic E-state index is 0.0454. The van der Waals surface area contributed by atoms with E-state index in [2.05, 4.69) is 4.72 Å². The third-order valence-electron chi connectivity index (χ3n) is 2.66. The highest BCUT2D eigenvalue weighted by molar-refractivity contribution is 7.89. The van der Waals surface area contributed by atoms with Crippen LogP contribution in [0.2, 0.25) is 0 Å². The highest BCUT2D eigenvalue weighted by Gasteiger charge is 2.23. The number of methoxy groups -OCH3 is 1. The number of aliphatic hydroxyl groups is 2. The first kappa shape index (κ1) is 17.4. The average Bonchev–Trinajstić information content (AvgIpc) is 2.43. The summed E-state index contributed by atoms with van der Waals surface area (Å²) < 4.78 is 31.4. The lowest BCUT2D eigenvalue weighted by Crippen LogP contribution is -2.40. The Morgan fingerprint density at radius 1 is 1.33 bits per heavy atom. The number of rotatable bonds is 8. The van der Waals surface area contributed by atoms with Gasteiger partial charge in [-0.05, 0) is 23.8 Å². The zero-order valence-corrected chi connectivity index (χ0v) is 12.1. The third-order valence-corrected chi connectivity index (χ3v) is 4.28. The number of carbonyl (C=O) groups is 1. The van der Waals surface area contributed by atoms with E-state index in [1.165, 1.54) is 25.3 Å². The van der Waals surface area contributed by atoms with Crippen molar-refractivity contribution < 1.29 is 33.3 Å². The Labute approximate surface area is 122 Å². The first-order valence-electron chi connectivity index (χ1n) is 5.96. The molecule has 0 aliphatic rings. The summed E-state index contributed by atoms with van der Waals surface area (Å²) in [5, 5.41) is 26.7. The van der Waals surface area contributed by atoms with Gasteiger partial charge in [0.05, 0.1) is 37.7 Å². The number of benzene rings is 1. The van der Waals surface area contributed by atoms with Crippen LogP contribution in [0.1, 0.15) is 5.56 Å². The topological polar surface area (TPSA) is 133 Å². The molecule has 21 heavy (non-hydrogen) atoms. The normalized spacial score (nSPS) is 11.6. The molecule has 0 bridgehead atoms. The van der Waals surface area contributed by atoms with E-state index in [1.54, 1.807) is 0 Å². The van der Waals surface area contributed by atoms with Crippen molar-refractivity contribution in [2.75, 3.05) is 20.3 Å². The second kappa shape index (κ2) is 7.36. The van der Waals surface area contributed by atoms with Gasteiger partial charge < -0.3 is 20.1 Å². The van der Waals surface area contributed by atoms with Crippen LogP contribution in [-0.4, -0.2) is 56.1 Å². The average molecular weight is 319 g/mol. The van der Waals surface area contributed by atoms with E-state index in [0.717, 1.165) is 0 Å². The highest BCUT2D eigenvalue weighted by atomic mass is 32.2. The van der Waals surface area contributed by atoms with Crippen molar-refractivity contribution >= 4 is 16.0 Å². The van der Waals surface area contributed by atoms with Gasteiger partial charge in [-0.15, -0.1) is 0 Å². The summed E-state index contributed by atoms with van der Waals surface area (Å²) in [4.78, 5) is 10.6. The Morgan fingerprint density at radius 3 is 2.43 bits per heavy atom. The summed E-state index contributed by atoms with van der Waals surface area (Å²) in [6.07, 6.45) is -0.504. The summed E-state index contributed by atoms with van der Waals surface area (Å²) in [5.41, 5.74) is 0.0454. The fraction of sp³-hybridized carbons (Fsp3) is 0.417. The molecule has 0 atom stereocenters. The lowest BCUT2D eigenvalue weighted by Gasteiger charge is -2.16. The van der Waals surface area contributed by atoms with Crippen molar-refractivity contribution in [1.82, 2.24) is 4.72 Å². The first-order chi connectivity index (χ1) is 9.83. The van der Waals surface area contributed by atoms with Crippen LogP contribution >= 0.6 is 0 Å². The molecule has 4 N–H and O–H groups in total. The van der Waals surface area contributed by atoms with Crippen LogP contribution in [0.3, 0.4) is 0 Å². The van der Waals surface area contributed by atoms with Gasteiger partial charge in [0, 0.05) is 0 Å². The van der Waals surface area contributed by atoms with Crippen molar-refractivity contribution in [3.8, 4) is 5.75 Å². The molecule has 0 aliphatic heterocycles. The Balaban J connectivity index is 3.23. The molecule has 0 aliphatic carbocycles. The Morgan fingerprint density at radius 2 is 1.95 bits per heavy atom. The fourth-order valence-electron chi connectivity index (χ4n) is 1.66. The quantitative estimate of drug-likeness (QED) is 0.480. The molecule has 0 amide bonds. The number of carboxylic acids is 1. The Hall–Kier alpha value is -1.68. The molecule has 118 valence electrons. The third kappa shape index (κ3) is 4.67. The van der Waals surface area contributed by atoms with Gasteiger partial charge in [-0.1, -0.05) is 0 Å². The lowest BCUT2D eigenvalue weighted by molar-refractivity contribution is -0.136. The maximum absolute atomic E-state index is 12.2. The van der Waals surface area contributed by atoms with Gasteiger partial charge in [-0.3, -0.25) is 4.79 Å². The van der Waals surface area contributed by atoms with Crippen LogP contribution in [0.5, 0.6) is 5.75 Å². The van der Waals surface area contributed by atoms with E-state index in [4.69, 9.17) is 20.1 Å². The minimum Gasteiger partial charge on any atom is -0.497 e. The van der Waals surface area contributed by atoms with Gasteiger partial charge in [0.15, 0.2) is 0 Å². The van der Waals surface area contributed by atoms with E-state index in [9.17, 15) is 13.2 Å². The number of ether oxygens (including phenoxy) is 1. The summed E-state index contributed by atoms with van der Waals surface area (Å²) in [6, 6.07) is 2.85. The van der Waals surface area contributed by atoms with Crippen LogP contribution in [0.25, 0.3) is 0 Å². The molecular weight excluding hydrogens is 302 g/mol. The monoisotopic (exact) mass is 319 g/mol. The number of nitrogens with one attached hydrogen (secondary N) is 1. The van der Waals surface area contributed by atoms with Crippen molar-refractivity contribution in [2.24, 2.45) is 0 Å². The number of hydrogen-bond donors (Lipinski definition) is 4. The Bertz CT molecular complexity index is 596. The second-order valence-corrected chi connectivity index (χ2v) is 5.91. The number of hydrogen-bond acceptors (Lipinski definition) is 6. The van der Waals surface area contributed by atoms with Crippen molar-refractivity contribution in [2.45, 2.75) is 17.4 Å². The minimum atomic E-state index is -4.07. The maximum atomic E-state index is 12.2. The zero-order chi connectivity index (χ0) is 16.0. The lowest BCUT2D eigenvalue weighted by atomic mass is 10.1. The smallest absolute Gasteiger partial charge is 0.307 e. The van der Waals surface area contributed by atoms with Crippen molar-refractivity contribution in [3.05, 3.63) is 23.8 Å². The number of carboxylic acid groups (broad SMARTS) is 1. The van der Waals surface area contributed by atoms with Crippen LogP contribution in [-0.2, 0) is 21.2 Å². The second-order valence-electron chi connectivity index (χ2n) is 4.23. The van der Waals surface area contributed by atoms with Crippen LogP contribution in [0.4, 0.5) is 0 Å². The van der Waals surface area contributed by atoms with Gasteiger partial charge in [-0.2, -0.15) is 0 Å². The first-order valence-corrected chi connectivity index (χ1v) is 7.45. The SMILES string of the molecule is COc1ccc(S(=O)(=O)NC(CO)CO)c(CC(=O)O)c1. The molecule has 1 aromatic carbocycles. The summed E-state index contributed by atoms with van der Waals surface area (Å²) >= 11 is 0. The Kier molecular flexibility index (Phi) is 6.09. The molecule has 0 radical (unpaired) electrons. The summed E-state index contributed by atoms with van der Waals surface area (Å²) in [7, 11) is -2.70. The molecule has 0 saturated heterocycles. The largest absolute Gasteiger partial charge is 0.497 e. The van der Waals surface area contributed by atoms with Crippen LogP contribution < -0.4 is 9.46 Å². The van der Waals surface area contributed by atoms with E-state index in [0.29, 0.717) is 5.75 Å². The van der Waals surface area contributed by atoms with Gasteiger partial charge in [-0.25, -0.2) is 13.1 Å². The molecule has 0 aromatic heterocycles. The predicted molar refractivity (Wildman–Crippen MR) is 72.6 cm³/mol. The molecule has 0 heterocycles. The van der Waals surface area contributed by atoms with Gasteiger partial charge >= 0.3 is 5.97 Å². The van der Waals surface area contributed by atoms with Crippen molar-refractivity contribution in [3.63, 3.8) is 0 Å². The number of aliphatic hydroxyl groups excluding tert-OH is 2. The standard InChI is InChI=1S/C12H17NO7S/c1-20-10-2-3-11(8(4-10)5-12(16)17)21(18,19)13-9(6-14)7-15/h2-4,9,13-15H,5-7H2,1H3,(H,16,17). The van der Waals surface area contributed by atoms with Gasteiger partial charge in [0.25, 0.3) is 0 Å².